The third-order valence-corrected chi connectivity index (χ3v) is 3.23. The van der Waals surface area contributed by atoms with Crippen LogP contribution in [0.5, 0.6) is 0 Å². The Bertz CT molecular complexity index is 376. The van der Waals surface area contributed by atoms with Gasteiger partial charge in [0.25, 0.3) is 10.0 Å². The van der Waals surface area contributed by atoms with Gasteiger partial charge in [-0.2, -0.15) is 0 Å². The van der Waals surface area contributed by atoms with Crippen molar-refractivity contribution < 1.29 is 13.2 Å². The van der Waals surface area contributed by atoms with Crippen LogP contribution in [0, 0.1) is 0 Å². The maximum atomic E-state index is 11.5. The molecule has 8 heteroatoms. The number of ether oxygens (including phenoxy) is 1. The Morgan fingerprint density at radius 1 is 1.44 bits per heavy atom. The quantitative estimate of drug-likeness (QED) is 0.509. The first kappa shape index (κ1) is 13.1. The average Bonchev–Trinajstić information content (AvgIpc) is 2.77. The Morgan fingerprint density at radius 2 is 2.25 bits per heavy atom. The summed E-state index contributed by atoms with van der Waals surface area (Å²) in [6.07, 6.45) is 2.59. The lowest BCUT2D eigenvalue weighted by Gasteiger charge is -2.05. The predicted molar refractivity (Wildman–Crippen MR) is 58.5 cm³/mol. The highest BCUT2D eigenvalue weighted by molar-refractivity contribution is 7.89. The number of hydrogen-bond donors (Lipinski definition) is 3. The molecular formula is C8H16N4O3S. The summed E-state index contributed by atoms with van der Waals surface area (Å²) in [5.74, 6) is 0. The fourth-order valence-electron chi connectivity index (χ4n) is 1.04. The second kappa shape index (κ2) is 6.59. The fraction of sp³-hybridized carbons (Fsp3) is 0.625. The fourth-order valence-corrected chi connectivity index (χ4v) is 1.97. The molecular weight excluding hydrogens is 232 g/mol. The van der Waals surface area contributed by atoms with Crippen molar-refractivity contribution in [3.05, 3.63) is 12.5 Å². The number of aromatic nitrogens is 2. The number of methoxy groups -OCH3 is 1. The normalized spacial score (nSPS) is 11.8. The third kappa shape index (κ3) is 4.27. The number of nitrogens with one attached hydrogen (secondary N) is 3. The van der Waals surface area contributed by atoms with Gasteiger partial charge >= 0.3 is 0 Å². The smallest absolute Gasteiger partial charge is 0.257 e. The van der Waals surface area contributed by atoms with Gasteiger partial charge in [-0.15, -0.1) is 0 Å². The van der Waals surface area contributed by atoms with Gasteiger partial charge in [0.2, 0.25) is 0 Å². The van der Waals surface area contributed by atoms with Gasteiger partial charge in [0, 0.05) is 26.7 Å². The number of nitrogens with zero attached hydrogens (tertiary/aromatic N) is 1. The zero-order valence-corrected chi connectivity index (χ0v) is 9.88. The first-order chi connectivity index (χ1) is 7.67. The lowest BCUT2D eigenvalue weighted by atomic mass is 10.6. The topological polar surface area (TPSA) is 96.1 Å². The van der Waals surface area contributed by atoms with Crippen LogP contribution >= 0.6 is 0 Å². The molecule has 0 saturated heterocycles. The van der Waals surface area contributed by atoms with Crippen LogP contribution in [-0.4, -0.2) is 51.7 Å². The Morgan fingerprint density at radius 3 is 2.88 bits per heavy atom. The SMILES string of the molecule is COCCNCCNS(=O)(=O)c1cnc[nH]1. The molecule has 0 aliphatic rings. The first-order valence-corrected chi connectivity index (χ1v) is 6.33. The Labute approximate surface area is 94.7 Å². The molecule has 0 fully saturated rings. The van der Waals surface area contributed by atoms with Crippen LogP contribution in [0.4, 0.5) is 0 Å². The highest BCUT2D eigenvalue weighted by Gasteiger charge is 2.13. The number of rotatable bonds is 8. The van der Waals surface area contributed by atoms with Crippen molar-refractivity contribution in [3.63, 3.8) is 0 Å². The van der Waals surface area contributed by atoms with Gasteiger partial charge in [0.05, 0.1) is 19.1 Å². The Kier molecular flexibility index (Phi) is 5.39. The monoisotopic (exact) mass is 248 g/mol. The maximum absolute atomic E-state index is 11.5. The molecule has 0 bridgehead atoms. The molecule has 0 atom stereocenters. The minimum absolute atomic E-state index is 0.0735. The van der Waals surface area contributed by atoms with E-state index in [4.69, 9.17) is 4.74 Å². The van der Waals surface area contributed by atoms with E-state index >= 15 is 0 Å². The largest absolute Gasteiger partial charge is 0.383 e. The third-order valence-electron chi connectivity index (χ3n) is 1.84. The van der Waals surface area contributed by atoms with Crippen LogP contribution in [0.15, 0.2) is 17.6 Å². The molecule has 0 spiro atoms. The maximum Gasteiger partial charge on any atom is 0.257 e. The molecule has 0 radical (unpaired) electrons. The first-order valence-electron chi connectivity index (χ1n) is 4.84. The van der Waals surface area contributed by atoms with E-state index in [1.54, 1.807) is 7.11 Å². The molecule has 0 aliphatic heterocycles. The van der Waals surface area contributed by atoms with Crippen molar-refractivity contribution in [2.45, 2.75) is 5.03 Å². The van der Waals surface area contributed by atoms with Gasteiger partial charge in [-0.1, -0.05) is 0 Å². The molecule has 1 rings (SSSR count). The average molecular weight is 248 g/mol. The van der Waals surface area contributed by atoms with E-state index in [1.165, 1.54) is 12.5 Å². The lowest BCUT2D eigenvalue weighted by Crippen LogP contribution is -2.33. The lowest BCUT2D eigenvalue weighted by molar-refractivity contribution is 0.199. The van der Waals surface area contributed by atoms with E-state index in [0.29, 0.717) is 26.2 Å². The molecule has 0 aliphatic carbocycles. The van der Waals surface area contributed by atoms with Gasteiger partial charge in [-0.25, -0.2) is 18.1 Å². The Balaban J connectivity index is 2.22. The number of aromatic amines is 1. The van der Waals surface area contributed by atoms with Crippen LogP contribution in [0.25, 0.3) is 0 Å². The standard InChI is InChI=1S/C8H16N4O3S/c1-15-5-4-9-2-3-12-16(13,14)8-6-10-7-11-8/h6-7,9,12H,2-5H2,1H3,(H,10,11). The van der Waals surface area contributed by atoms with E-state index in [0.717, 1.165) is 0 Å². The summed E-state index contributed by atoms with van der Waals surface area (Å²) in [6.45, 7) is 2.18. The predicted octanol–water partition coefficient (Wildman–Crippen LogP) is -1.08. The summed E-state index contributed by atoms with van der Waals surface area (Å²) in [6, 6.07) is 0. The summed E-state index contributed by atoms with van der Waals surface area (Å²) in [4.78, 5) is 6.19. The zero-order chi connectivity index (χ0) is 11.9. The molecule has 0 saturated carbocycles. The minimum atomic E-state index is -3.45. The summed E-state index contributed by atoms with van der Waals surface area (Å²) in [5.41, 5.74) is 0. The molecule has 7 nitrogen and oxygen atoms in total. The number of hydrogen-bond acceptors (Lipinski definition) is 5. The second-order valence-electron chi connectivity index (χ2n) is 3.06. The number of H-pyrrole nitrogens is 1. The van der Waals surface area contributed by atoms with Gasteiger partial charge in [-0.05, 0) is 0 Å². The van der Waals surface area contributed by atoms with Crippen molar-refractivity contribution in [2.24, 2.45) is 0 Å². The van der Waals surface area contributed by atoms with Gasteiger partial charge < -0.3 is 15.0 Å². The van der Waals surface area contributed by atoms with Crippen LogP contribution in [0.1, 0.15) is 0 Å². The van der Waals surface area contributed by atoms with Crippen molar-refractivity contribution in [1.29, 1.82) is 0 Å². The van der Waals surface area contributed by atoms with Gasteiger partial charge in [0.15, 0.2) is 5.03 Å². The van der Waals surface area contributed by atoms with Crippen LogP contribution in [-0.2, 0) is 14.8 Å². The van der Waals surface area contributed by atoms with Crippen LogP contribution in [0.2, 0.25) is 0 Å². The van der Waals surface area contributed by atoms with E-state index in [-0.39, 0.29) is 5.03 Å². The summed E-state index contributed by atoms with van der Waals surface area (Å²) >= 11 is 0. The molecule has 0 amide bonds. The molecule has 1 aromatic heterocycles. The van der Waals surface area contributed by atoms with Gasteiger partial charge in [0.1, 0.15) is 0 Å². The van der Waals surface area contributed by atoms with Crippen molar-refractivity contribution in [3.8, 4) is 0 Å². The van der Waals surface area contributed by atoms with Crippen LogP contribution < -0.4 is 10.0 Å². The van der Waals surface area contributed by atoms with E-state index in [2.05, 4.69) is 20.0 Å². The van der Waals surface area contributed by atoms with Crippen LogP contribution in [0.3, 0.4) is 0 Å². The highest BCUT2D eigenvalue weighted by atomic mass is 32.2. The molecule has 0 aromatic carbocycles. The summed E-state index contributed by atoms with van der Waals surface area (Å²) in [7, 11) is -1.84. The van der Waals surface area contributed by atoms with E-state index in [1.807, 2.05) is 0 Å². The van der Waals surface area contributed by atoms with Gasteiger partial charge in [-0.3, -0.25) is 0 Å². The van der Waals surface area contributed by atoms with E-state index in [9.17, 15) is 8.42 Å². The van der Waals surface area contributed by atoms with Crippen molar-refractivity contribution in [1.82, 2.24) is 20.0 Å². The zero-order valence-electron chi connectivity index (χ0n) is 9.06. The number of imidazole rings is 1. The second-order valence-corrected chi connectivity index (χ2v) is 4.79. The highest BCUT2D eigenvalue weighted by Crippen LogP contribution is 2.00. The molecule has 1 heterocycles. The van der Waals surface area contributed by atoms with Crippen molar-refractivity contribution >= 4 is 10.0 Å². The molecule has 1 aromatic rings. The van der Waals surface area contributed by atoms with Crippen molar-refractivity contribution in [2.75, 3.05) is 33.4 Å². The molecule has 3 N–H and O–H groups in total. The summed E-state index contributed by atoms with van der Waals surface area (Å²) in [5, 5.41) is 3.10. The Hall–Kier alpha value is -0.960. The number of sulfonamides is 1. The summed E-state index contributed by atoms with van der Waals surface area (Å²) < 4.78 is 30.4. The molecule has 16 heavy (non-hydrogen) atoms. The molecule has 0 unspecified atom stereocenters. The van der Waals surface area contributed by atoms with E-state index < -0.39 is 10.0 Å². The molecule has 92 valence electrons. The minimum Gasteiger partial charge on any atom is -0.383 e.